The Hall–Kier alpha value is -2.37. The van der Waals surface area contributed by atoms with Gasteiger partial charge in [0.2, 0.25) is 0 Å². The number of aromatic nitrogens is 3. The molecular formula is C13H16N4O2. The fourth-order valence-corrected chi connectivity index (χ4v) is 1.91. The molecule has 6 nitrogen and oxygen atoms in total. The van der Waals surface area contributed by atoms with Crippen LogP contribution in [0.15, 0.2) is 30.6 Å². The Labute approximate surface area is 111 Å². The smallest absolute Gasteiger partial charge is 0.274 e. The van der Waals surface area contributed by atoms with Gasteiger partial charge in [-0.15, -0.1) is 0 Å². The van der Waals surface area contributed by atoms with Crippen molar-refractivity contribution in [2.24, 2.45) is 7.05 Å². The standard InChI is InChI=1S/C13H16N4O2/c1-3-9(10-6-8-15-17(10)2)16-13(19)12-11(18)5-4-7-14-12/h4-9,18H,3H2,1-2H3,(H,16,19). The summed E-state index contributed by atoms with van der Waals surface area (Å²) in [5.41, 5.74) is 0.939. The number of hydrogen-bond donors (Lipinski definition) is 2. The molecule has 0 aliphatic heterocycles. The van der Waals surface area contributed by atoms with Crippen LogP contribution in [0, 0.1) is 0 Å². The summed E-state index contributed by atoms with van der Waals surface area (Å²) >= 11 is 0. The van der Waals surface area contributed by atoms with Gasteiger partial charge in [0.25, 0.3) is 5.91 Å². The number of rotatable bonds is 4. The fourth-order valence-electron chi connectivity index (χ4n) is 1.91. The van der Waals surface area contributed by atoms with E-state index in [1.807, 2.05) is 20.0 Å². The first-order valence-electron chi connectivity index (χ1n) is 6.06. The summed E-state index contributed by atoms with van der Waals surface area (Å²) in [4.78, 5) is 16.0. The lowest BCUT2D eigenvalue weighted by molar-refractivity contribution is 0.0926. The summed E-state index contributed by atoms with van der Waals surface area (Å²) in [6, 6.07) is 4.70. The predicted octanol–water partition coefficient (Wildman–Crippen LogP) is 1.40. The van der Waals surface area contributed by atoms with Crippen LogP contribution in [0.25, 0.3) is 0 Å². The lowest BCUT2D eigenvalue weighted by Crippen LogP contribution is -2.30. The number of pyridine rings is 1. The van der Waals surface area contributed by atoms with Gasteiger partial charge in [0.05, 0.1) is 11.7 Å². The quantitative estimate of drug-likeness (QED) is 0.870. The summed E-state index contributed by atoms with van der Waals surface area (Å²) in [6.45, 7) is 1.97. The van der Waals surface area contributed by atoms with Crippen LogP contribution < -0.4 is 5.32 Å². The number of nitrogens with one attached hydrogen (secondary N) is 1. The Bertz CT molecular complexity index is 580. The minimum absolute atomic E-state index is 0.0307. The molecule has 0 aromatic carbocycles. The van der Waals surface area contributed by atoms with Gasteiger partial charge in [-0.25, -0.2) is 4.98 Å². The summed E-state index contributed by atoms with van der Waals surface area (Å²) in [5, 5.41) is 16.5. The predicted molar refractivity (Wildman–Crippen MR) is 69.6 cm³/mol. The second kappa shape index (κ2) is 5.51. The van der Waals surface area contributed by atoms with E-state index in [4.69, 9.17) is 0 Å². The minimum Gasteiger partial charge on any atom is -0.505 e. The summed E-state index contributed by atoms with van der Waals surface area (Å²) < 4.78 is 1.72. The first-order chi connectivity index (χ1) is 9.13. The molecule has 2 N–H and O–H groups in total. The normalized spacial score (nSPS) is 12.1. The Morgan fingerprint density at radius 3 is 2.84 bits per heavy atom. The third-order valence-electron chi connectivity index (χ3n) is 2.93. The maximum atomic E-state index is 12.1. The zero-order chi connectivity index (χ0) is 13.8. The van der Waals surface area contributed by atoms with Gasteiger partial charge in [-0.1, -0.05) is 6.92 Å². The second-order valence-electron chi connectivity index (χ2n) is 4.19. The lowest BCUT2D eigenvalue weighted by atomic mass is 10.1. The first kappa shape index (κ1) is 13.1. The third kappa shape index (κ3) is 2.73. The van der Waals surface area contributed by atoms with E-state index in [-0.39, 0.29) is 17.5 Å². The molecule has 0 spiro atoms. The number of hydrogen-bond acceptors (Lipinski definition) is 4. The van der Waals surface area contributed by atoms with Crippen LogP contribution in [-0.2, 0) is 7.05 Å². The molecule has 0 aliphatic rings. The molecular weight excluding hydrogens is 244 g/mol. The van der Waals surface area contributed by atoms with E-state index >= 15 is 0 Å². The van der Waals surface area contributed by atoms with Gasteiger partial charge >= 0.3 is 0 Å². The molecule has 1 unspecified atom stereocenters. The van der Waals surface area contributed by atoms with Crippen molar-refractivity contribution >= 4 is 5.91 Å². The van der Waals surface area contributed by atoms with Crippen LogP contribution in [0.5, 0.6) is 5.75 Å². The van der Waals surface area contributed by atoms with Crippen LogP contribution in [-0.4, -0.2) is 25.8 Å². The van der Waals surface area contributed by atoms with Gasteiger partial charge in [0.15, 0.2) is 5.69 Å². The van der Waals surface area contributed by atoms with Crippen molar-refractivity contribution in [3.63, 3.8) is 0 Å². The van der Waals surface area contributed by atoms with Crippen molar-refractivity contribution in [1.82, 2.24) is 20.1 Å². The highest BCUT2D eigenvalue weighted by Crippen LogP contribution is 2.18. The molecule has 2 rings (SSSR count). The number of carbonyl (C=O) groups excluding carboxylic acids is 1. The van der Waals surface area contributed by atoms with Gasteiger partial charge in [0.1, 0.15) is 5.75 Å². The van der Waals surface area contributed by atoms with Gasteiger partial charge in [0, 0.05) is 19.4 Å². The largest absolute Gasteiger partial charge is 0.505 e. The van der Waals surface area contributed by atoms with E-state index in [1.165, 1.54) is 12.3 Å². The molecule has 0 radical (unpaired) electrons. The molecule has 2 aromatic heterocycles. The Morgan fingerprint density at radius 1 is 1.47 bits per heavy atom. The van der Waals surface area contributed by atoms with Crippen molar-refractivity contribution < 1.29 is 9.90 Å². The molecule has 2 aromatic rings. The molecule has 2 heterocycles. The highest BCUT2D eigenvalue weighted by atomic mass is 16.3. The number of aromatic hydroxyl groups is 1. The van der Waals surface area contributed by atoms with Gasteiger partial charge in [-0.3, -0.25) is 9.48 Å². The molecule has 0 saturated heterocycles. The molecule has 19 heavy (non-hydrogen) atoms. The molecule has 0 fully saturated rings. The SMILES string of the molecule is CCC(NC(=O)c1ncccc1O)c1ccnn1C. The highest BCUT2D eigenvalue weighted by Gasteiger charge is 2.19. The fraction of sp³-hybridized carbons (Fsp3) is 0.308. The first-order valence-corrected chi connectivity index (χ1v) is 6.06. The average Bonchev–Trinajstić information content (AvgIpc) is 2.82. The van der Waals surface area contributed by atoms with Gasteiger partial charge in [-0.05, 0) is 24.6 Å². The molecule has 1 amide bonds. The summed E-state index contributed by atoms with van der Waals surface area (Å²) in [7, 11) is 1.82. The van der Waals surface area contributed by atoms with Crippen molar-refractivity contribution in [2.75, 3.05) is 0 Å². The topological polar surface area (TPSA) is 80.0 Å². The van der Waals surface area contributed by atoms with Crippen LogP contribution >= 0.6 is 0 Å². The molecule has 0 aliphatic carbocycles. The van der Waals surface area contributed by atoms with E-state index in [1.54, 1.807) is 16.9 Å². The molecule has 0 bridgehead atoms. The Kier molecular flexibility index (Phi) is 3.79. The van der Waals surface area contributed by atoms with E-state index in [0.717, 1.165) is 12.1 Å². The van der Waals surface area contributed by atoms with Gasteiger partial charge in [-0.2, -0.15) is 5.10 Å². The van der Waals surface area contributed by atoms with E-state index in [2.05, 4.69) is 15.4 Å². The molecule has 1 atom stereocenters. The zero-order valence-electron chi connectivity index (χ0n) is 10.9. The number of amides is 1. The van der Waals surface area contributed by atoms with Gasteiger partial charge < -0.3 is 10.4 Å². The van der Waals surface area contributed by atoms with Crippen molar-refractivity contribution in [3.8, 4) is 5.75 Å². The number of carbonyl (C=O) groups is 1. The molecule has 0 saturated carbocycles. The van der Waals surface area contributed by atoms with E-state index in [0.29, 0.717) is 0 Å². The van der Waals surface area contributed by atoms with Crippen LogP contribution in [0.4, 0.5) is 0 Å². The van der Waals surface area contributed by atoms with Crippen LogP contribution in [0.2, 0.25) is 0 Å². The third-order valence-corrected chi connectivity index (χ3v) is 2.93. The average molecular weight is 260 g/mol. The second-order valence-corrected chi connectivity index (χ2v) is 4.19. The monoisotopic (exact) mass is 260 g/mol. The number of nitrogens with zero attached hydrogens (tertiary/aromatic N) is 3. The van der Waals surface area contributed by atoms with E-state index in [9.17, 15) is 9.90 Å². The van der Waals surface area contributed by atoms with Crippen molar-refractivity contribution in [2.45, 2.75) is 19.4 Å². The lowest BCUT2D eigenvalue weighted by Gasteiger charge is -2.17. The molecule has 100 valence electrons. The van der Waals surface area contributed by atoms with Crippen molar-refractivity contribution in [3.05, 3.63) is 42.0 Å². The summed E-state index contributed by atoms with van der Waals surface area (Å²) in [5.74, 6) is -0.522. The highest BCUT2D eigenvalue weighted by molar-refractivity contribution is 5.94. The zero-order valence-corrected chi connectivity index (χ0v) is 10.9. The minimum atomic E-state index is -0.397. The number of aryl methyl sites for hydroxylation is 1. The Morgan fingerprint density at radius 2 is 2.26 bits per heavy atom. The Balaban J connectivity index is 2.18. The maximum absolute atomic E-state index is 12.1. The van der Waals surface area contributed by atoms with E-state index < -0.39 is 5.91 Å². The summed E-state index contributed by atoms with van der Waals surface area (Å²) in [6.07, 6.45) is 3.88. The maximum Gasteiger partial charge on any atom is 0.274 e. The van der Waals surface area contributed by atoms with Crippen LogP contribution in [0.1, 0.15) is 35.6 Å². The van der Waals surface area contributed by atoms with Crippen molar-refractivity contribution in [1.29, 1.82) is 0 Å². The molecule has 6 heteroatoms. The van der Waals surface area contributed by atoms with Crippen LogP contribution in [0.3, 0.4) is 0 Å².